The van der Waals surface area contributed by atoms with Crippen LogP contribution in [-0.2, 0) is 10.0 Å². The molecule has 0 amide bonds. The molecule has 2 N–H and O–H groups in total. The maximum Gasteiger partial charge on any atom is 0.212 e. The van der Waals surface area contributed by atoms with Crippen LogP contribution in [0.1, 0.15) is 19.3 Å². The molecule has 0 heterocycles. The summed E-state index contributed by atoms with van der Waals surface area (Å²) in [7, 11) is -3.35. The smallest absolute Gasteiger partial charge is 0.212 e. The van der Waals surface area contributed by atoms with Crippen LogP contribution >= 0.6 is 11.6 Å². The highest BCUT2D eigenvalue weighted by Crippen LogP contribution is 2.23. The molecule has 3 nitrogen and oxygen atoms in total. The number of primary sulfonamides is 1. The van der Waals surface area contributed by atoms with Crippen LogP contribution in [0.5, 0.6) is 0 Å². The van der Waals surface area contributed by atoms with Crippen molar-refractivity contribution in [2.24, 2.45) is 5.14 Å². The summed E-state index contributed by atoms with van der Waals surface area (Å²) >= 11 is 5.66. The summed E-state index contributed by atoms with van der Waals surface area (Å²) in [5.41, 5.74) is 0. The molecule has 1 rings (SSSR count). The van der Waals surface area contributed by atoms with Gasteiger partial charge in [0.15, 0.2) is 0 Å². The summed E-state index contributed by atoms with van der Waals surface area (Å²) in [6.45, 7) is 0. The first-order valence-corrected chi connectivity index (χ1v) is 5.35. The van der Waals surface area contributed by atoms with E-state index in [4.69, 9.17) is 16.7 Å². The van der Waals surface area contributed by atoms with Gasteiger partial charge in [-0.25, -0.2) is 13.6 Å². The van der Waals surface area contributed by atoms with Gasteiger partial charge in [-0.05, 0) is 19.3 Å². The third-order valence-corrected chi connectivity index (χ3v) is 3.47. The minimum absolute atomic E-state index is 0.426. The predicted molar refractivity (Wildman–Crippen MR) is 44.7 cm³/mol. The van der Waals surface area contributed by atoms with Crippen molar-refractivity contribution in [2.45, 2.75) is 24.5 Å². The second-order valence-electron chi connectivity index (χ2n) is 2.64. The van der Waals surface area contributed by atoms with Gasteiger partial charge in [0.1, 0.15) is 0 Å². The van der Waals surface area contributed by atoms with E-state index < -0.39 is 15.3 Å². The van der Waals surface area contributed by atoms with Crippen LogP contribution in [0.2, 0.25) is 0 Å². The number of hydrogen-bond acceptors (Lipinski definition) is 2. The minimum atomic E-state index is -3.35. The predicted octanol–water partition coefficient (Wildman–Crippen LogP) is 0.950. The Hall–Kier alpha value is -0.0600. The van der Waals surface area contributed by atoms with Crippen molar-refractivity contribution in [2.75, 3.05) is 0 Å². The maximum atomic E-state index is 10.8. The minimum Gasteiger partial charge on any atom is -0.228 e. The second kappa shape index (κ2) is 3.13. The molecule has 11 heavy (non-hydrogen) atoms. The number of halogens is 1. The topological polar surface area (TPSA) is 60.2 Å². The standard InChI is InChI=1S/C6H10ClNO2S/c7-5-1-3-6(4-2-5)11(8,9)10/h1,6H,2-4H2,(H2,8,9,10). The van der Waals surface area contributed by atoms with Gasteiger partial charge in [-0.2, -0.15) is 0 Å². The Morgan fingerprint density at radius 1 is 1.64 bits per heavy atom. The molecular formula is C6H10ClNO2S. The first-order valence-electron chi connectivity index (χ1n) is 3.36. The van der Waals surface area contributed by atoms with Crippen LogP contribution in [0.4, 0.5) is 0 Å². The van der Waals surface area contributed by atoms with Crippen LogP contribution in [0.15, 0.2) is 11.1 Å². The fraction of sp³-hybridized carbons (Fsp3) is 0.667. The van der Waals surface area contributed by atoms with Gasteiger partial charge in [-0.15, -0.1) is 0 Å². The Kier molecular flexibility index (Phi) is 2.57. The monoisotopic (exact) mass is 195 g/mol. The lowest BCUT2D eigenvalue weighted by atomic mass is 10.1. The lowest BCUT2D eigenvalue weighted by Gasteiger charge is -2.16. The molecule has 0 fully saturated rings. The molecule has 0 aliphatic heterocycles. The number of nitrogens with two attached hydrogens (primary N) is 1. The Balaban J connectivity index is 2.69. The first-order chi connectivity index (χ1) is 5.00. The van der Waals surface area contributed by atoms with E-state index in [0.29, 0.717) is 19.3 Å². The summed E-state index contributed by atoms with van der Waals surface area (Å²) in [5, 5.41) is 5.27. The highest BCUT2D eigenvalue weighted by molar-refractivity contribution is 7.89. The van der Waals surface area contributed by atoms with E-state index in [-0.39, 0.29) is 0 Å². The van der Waals surface area contributed by atoms with Gasteiger partial charge in [0.25, 0.3) is 0 Å². The van der Waals surface area contributed by atoms with Crippen molar-refractivity contribution in [3.8, 4) is 0 Å². The number of hydrogen-bond donors (Lipinski definition) is 1. The van der Waals surface area contributed by atoms with Crippen LogP contribution in [0, 0.1) is 0 Å². The molecule has 1 aliphatic rings. The average Bonchev–Trinajstić information content (AvgIpc) is 1.86. The molecule has 1 aliphatic carbocycles. The van der Waals surface area contributed by atoms with E-state index in [0.717, 1.165) is 5.03 Å². The van der Waals surface area contributed by atoms with Crippen LogP contribution in [0.3, 0.4) is 0 Å². The zero-order valence-electron chi connectivity index (χ0n) is 5.96. The van der Waals surface area contributed by atoms with Crippen molar-refractivity contribution in [1.82, 2.24) is 0 Å². The van der Waals surface area contributed by atoms with Crippen LogP contribution in [0.25, 0.3) is 0 Å². The fourth-order valence-electron chi connectivity index (χ4n) is 1.08. The summed E-state index contributed by atoms with van der Waals surface area (Å²) in [6, 6.07) is 0. The van der Waals surface area contributed by atoms with Crippen LogP contribution in [-0.4, -0.2) is 13.7 Å². The lowest BCUT2D eigenvalue weighted by molar-refractivity contribution is 0.569. The third kappa shape index (κ3) is 2.47. The molecule has 64 valence electrons. The quantitative estimate of drug-likeness (QED) is 0.677. The molecule has 0 aromatic heterocycles. The lowest BCUT2D eigenvalue weighted by Crippen LogP contribution is -2.29. The summed E-state index contributed by atoms with van der Waals surface area (Å²) in [6.07, 6.45) is 3.36. The molecule has 0 bridgehead atoms. The van der Waals surface area contributed by atoms with Gasteiger partial charge < -0.3 is 0 Å². The van der Waals surface area contributed by atoms with Gasteiger partial charge in [-0.3, -0.25) is 0 Å². The first kappa shape index (κ1) is 9.03. The van der Waals surface area contributed by atoms with E-state index in [2.05, 4.69) is 0 Å². The van der Waals surface area contributed by atoms with E-state index in [1.165, 1.54) is 0 Å². The Labute approximate surface area is 71.3 Å². The Morgan fingerprint density at radius 2 is 2.27 bits per heavy atom. The second-order valence-corrected chi connectivity index (χ2v) is 4.97. The van der Waals surface area contributed by atoms with Gasteiger partial charge in [0.05, 0.1) is 5.25 Å². The molecule has 0 saturated carbocycles. The zero-order chi connectivity index (χ0) is 8.48. The van der Waals surface area contributed by atoms with E-state index in [1.807, 2.05) is 0 Å². The maximum absolute atomic E-state index is 10.8. The number of rotatable bonds is 1. The van der Waals surface area contributed by atoms with Gasteiger partial charge in [-0.1, -0.05) is 17.7 Å². The average molecular weight is 196 g/mol. The van der Waals surface area contributed by atoms with Gasteiger partial charge >= 0.3 is 0 Å². The van der Waals surface area contributed by atoms with E-state index in [9.17, 15) is 8.42 Å². The van der Waals surface area contributed by atoms with Crippen molar-refractivity contribution in [3.63, 3.8) is 0 Å². The summed E-state index contributed by atoms with van der Waals surface area (Å²) in [5.74, 6) is 0. The zero-order valence-corrected chi connectivity index (χ0v) is 7.53. The third-order valence-electron chi connectivity index (χ3n) is 1.77. The van der Waals surface area contributed by atoms with Crippen molar-refractivity contribution in [1.29, 1.82) is 0 Å². The van der Waals surface area contributed by atoms with Gasteiger partial charge in [0, 0.05) is 5.03 Å². The molecule has 1 atom stereocenters. The molecule has 0 saturated heterocycles. The highest BCUT2D eigenvalue weighted by Gasteiger charge is 2.23. The van der Waals surface area contributed by atoms with Crippen molar-refractivity contribution in [3.05, 3.63) is 11.1 Å². The molecular weight excluding hydrogens is 186 g/mol. The summed E-state index contributed by atoms with van der Waals surface area (Å²) < 4.78 is 21.6. The molecule has 0 radical (unpaired) electrons. The van der Waals surface area contributed by atoms with Crippen molar-refractivity contribution >= 4 is 21.6 Å². The molecule has 5 heteroatoms. The normalized spacial score (nSPS) is 26.4. The number of allylic oxidation sites excluding steroid dienone is 2. The van der Waals surface area contributed by atoms with Crippen molar-refractivity contribution < 1.29 is 8.42 Å². The highest BCUT2D eigenvalue weighted by atomic mass is 35.5. The summed E-state index contributed by atoms with van der Waals surface area (Å²) in [4.78, 5) is 0. The van der Waals surface area contributed by atoms with E-state index in [1.54, 1.807) is 6.08 Å². The number of sulfonamides is 1. The van der Waals surface area contributed by atoms with E-state index >= 15 is 0 Å². The Morgan fingerprint density at radius 3 is 2.64 bits per heavy atom. The SMILES string of the molecule is NS(=O)(=O)C1CC=C(Cl)CC1. The Bertz CT molecular complexity index is 270. The molecule has 0 spiro atoms. The molecule has 1 unspecified atom stereocenters. The van der Waals surface area contributed by atoms with Crippen LogP contribution < -0.4 is 5.14 Å². The fourth-order valence-corrected chi connectivity index (χ4v) is 2.09. The largest absolute Gasteiger partial charge is 0.228 e. The molecule has 0 aromatic rings. The van der Waals surface area contributed by atoms with Gasteiger partial charge in [0.2, 0.25) is 10.0 Å². The molecule has 0 aromatic carbocycles.